The number of rotatable bonds is 4. The van der Waals surface area contributed by atoms with Crippen molar-refractivity contribution in [2.45, 2.75) is 13.8 Å². The van der Waals surface area contributed by atoms with Gasteiger partial charge in [0.25, 0.3) is 5.84 Å². The fraction of sp³-hybridized carbons (Fsp3) is 0.350. The zero-order chi connectivity index (χ0) is 22.3. The number of fused-ring (bicyclic) bond motifs is 2. The molecule has 11 heteroatoms. The summed E-state index contributed by atoms with van der Waals surface area (Å²) in [7, 11) is 3.02. The Hall–Kier alpha value is -2.92. The number of thioether (sulfide) groups is 1. The Morgan fingerprint density at radius 3 is 2.74 bits per heavy atom. The Balaban J connectivity index is 1.54. The maximum Gasteiger partial charge on any atom is 0.445 e. The lowest BCUT2D eigenvalue weighted by Gasteiger charge is -2.26. The second-order valence-corrected chi connectivity index (χ2v) is 9.45. The molecule has 3 heterocycles. The zero-order valence-corrected chi connectivity index (χ0v) is 19.1. The summed E-state index contributed by atoms with van der Waals surface area (Å²) in [5.74, 6) is -0.517. The third-order valence-corrected chi connectivity index (χ3v) is 6.84. The lowest BCUT2D eigenvalue weighted by atomic mass is 10.0. The van der Waals surface area contributed by atoms with Crippen LogP contribution in [0.1, 0.15) is 13.8 Å². The molecule has 2 aromatic rings. The first-order chi connectivity index (χ1) is 14.8. The Kier molecular flexibility index (Phi) is 5.71. The van der Waals surface area contributed by atoms with E-state index in [0.29, 0.717) is 21.8 Å². The molecule has 1 aromatic carbocycles. The molecule has 0 fully saturated rings. The molecule has 31 heavy (non-hydrogen) atoms. The Morgan fingerprint density at radius 2 is 2.03 bits per heavy atom. The van der Waals surface area contributed by atoms with Crippen LogP contribution in [0, 0.1) is 11.8 Å². The SMILES string of the molecule is CC(C)C1=NC2=[N+](C)C(=O)N(C)C(=O)C2C(SCC(=O)Nc2nc3ccccc3s2)=N1. The summed E-state index contributed by atoms with van der Waals surface area (Å²) in [6, 6.07) is 7.21. The molecule has 0 saturated carbocycles. The quantitative estimate of drug-likeness (QED) is 0.711. The average Bonchev–Trinajstić information content (AvgIpc) is 3.16. The highest BCUT2D eigenvalue weighted by Crippen LogP contribution is 2.28. The number of carbonyl (C=O) groups excluding carboxylic acids is 3. The first kappa shape index (κ1) is 21.3. The average molecular weight is 458 g/mol. The minimum Gasteiger partial charge on any atom is -0.301 e. The summed E-state index contributed by atoms with van der Waals surface area (Å²) in [5, 5.41) is 3.79. The zero-order valence-electron chi connectivity index (χ0n) is 17.4. The van der Waals surface area contributed by atoms with Crippen molar-refractivity contribution in [2.24, 2.45) is 21.8 Å². The molecule has 1 atom stereocenters. The van der Waals surface area contributed by atoms with Crippen LogP contribution in [-0.4, -0.2) is 68.9 Å². The van der Waals surface area contributed by atoms with Crippen LogP contribution in [0.3, 0.4) is 0 Å². The van der Waals surface area contributed by atoms with Crippen LogP contribution in [0.4, 0.5) is 9.93 Å². The summed E-state index contributed by atoms with van der Waals surface area (Å²) >= 11 is 2.58. The Bertz CT molecular complexity index is 1160. The molecule has 2 aliphatic heterocycles. The Labute approximate surface area is 187 Å². The number of imide groups is 1. The molecule has 0 bridgehead atoms. The van der Waals surface area contributed by atoms with Crippen LogP contribution < -0.4 is 5.32 Å². The summed E-state index contributed by atoms with van der Waals surface area (Å²) < 4.78 is 2.35. The molecule has 0 aliphatic carbocycles. The predicted molar refractivity (Wildman–Crippen MR) is 123 cm³/mol. The Morgan fingerprint density at radius 1 is 1.29 bits per heavy atom. The van der Waals surface area contributed by atoms with Crippen molar-refractivity contribution in [3.05, 3.63) is 24.3 Å². The number of aromatic nitrogens is 1. The van der Waals surface area contributed by atoms with Crippen LogP contribution in [-0.2, 0) is 9.59 Å². The van der Waals surface area contributed by atoms with Crippen LogP contribution in [0.15, 0.2) is 34.3 Å². The van der Waals surface area contributed by atoms with Crippen LogP contribution in [0.25, 0.3) is 10.2 Å². The molecule has 0 saturated heterocycles. The van der Waals surface area contributed by atoms with E-state index in [2.05, 4.69) is 20.3 Å². The van der Waals surface area contributed by atoms with Gasteiger partial charge in [-0.2, -0.15) is 9.48 Å². The van der Waals surface area contributed by atoms with Crippen LogP contribution in [0.2, 0.25) is 0 Å². The smallest absolute Gasteiger partial charge is 0.301 e. The normalized spacial score (nSPS) is 19.0. The van der Waals surface area contributed by atoms with Crippen molar-refractivity contribution in [1.82, 2.24) is 9.88 Å². The molecule has 4 amide bonds. The van der Waals surface area contributed by atoms with Gasteiger partial charge in [-0.25, -0.2) is 14.8 Å². The molecule has 160 valence electrons. The highest BCUT2D eigenvalue weighted by molar-refractivity contribution is 8.14. The predicted octanol–water partition coefficient (Wildman–Crippen LogP) is 2.68. The highest BCUT2D eigenvalue weighted by Gasteiger charge is 2.49. The van der Waals surface area contributed by atoms with E-state index in [-0.39, 0.29) is 17.6 Å². The molecular weight excluding hydrogens is 436 g/mol. The molecular formula is C20H21N6O3S2+. The summed E-state index contributed by atoms with van der Waals surface area (Å²) in [4.78, 5) is 52.2. The number of thiazole rings is 1. The maximum atomic E-state index is 12.8. The number of anilines is 1. The standard InChI is InChI=1S/C20H20N6O3S2/c1-10(2)15-23-16-14(18(28)26(4)20(29)25(16)3)17(24-15)30-9-13(27)22-19-21-11-7-5-6-8-12(11)31-19/h5-8,10,14H,9H2,1-4H3/p+1. The van der Waals surface area contributed by atoms with E-state index in [4.69, 9.17) is 0 Å². The summed E-state index contributed by atoms with van der Waals surface area (Å²) in [6.07, 6.45) is 0. The van der Waals surface area contributed by atoms with E-state index < -0.39 is 17.9 Å². The van der Waals surface area contributed by atoms with E-state index in [1.54, 1.807) is 7.05 Å². The van der Waals surface area contributed by atoms with Gasteiger partial charge in [0.2, 0.25) is 11.7 Å². The summed E-state index contributed by atoms with van der Waals surface area (Å²) in [6.45, 7) is 3.87. The van der Waals surface area contributed by atoms with Crippen molar-refractivity contribution in [3.8, 4) is 0 Å². The van der Waals surface area contributed by atoms with Crippen molar-refractivity contribution in [1.29, 1.82) is 0 Å². The van der Waals surface area contributed by atoms with Gasteiger partial charge in [0.15, 0.2) is 11.0 Å². The molecule has 1 unspecified atom stereocenters. The van der Waals surface area contributed by atoms with Gasteiger partial charge < -0.3 is 5.32 Å². The van der Waals surface area contributed by atoms with Crippen molar-refractivity contribution in [3.63, 3.8) is 0 Å². The minimum absolute atomic E-state index is 0.00103. The molecule has 4 rings (SSSR count). The van der Waals surface area contributed by atoms with E-state index >= 15 is 0 Å². The number of hydrogen-bond acceptors (Lipinski definition) is 8. The first-order valence-electron chi connectivity index (χ1n) is 9.63. The van der Waals surface area contributed by atoms with Gasteiger partial charge in [0.1, 0.15) is 5.04 Å². The van der Waals surface area contributed by atoms with E-state index in [1.165, 1.54) is 34.7 Å². The third-order valence-electron chi connectivity index (χ3n) is 4.86. The summed E-state index contributed by atoms with van der Waals surface area (Å²) in [5.41, 5.74) is 0.827. The number of nitrogens with zero attached hydrogens (tertiary/aromatic N) is 5. The fourth-order valence-corrected chi connectivity index (χ4v) is 4.95. The van der Waals surface area contributed by atoms with Crippen LogP contribution >= 0.6 is 23.1 Å². The van der Waals surface area contributed by atoms with E-state index in [1.807, 2.05) is 38.1 Å². The monoisotopic (exact) mass is 457 g/mol. The number of nitrogens with one attached hydrogen (secondary N) is 1. The second kappa shape index (κ2) is 8.31. The van der Waals surface area contributed by atoms with E-state index in [9.17, 15) is 14.4 Å². The number of benzene rings is 1. The van der Waals surface area contributed by atoms with Gasteiger partial charge in [0.05, 0.1) is 30.1 Å². The lowest BCUT2D eigenvalue weighted by molar-refractivity contribution is -0.407. The van der Waals surface area contributed by atoms with Crippen molar-refractivity contribution < 1.29 is 19.0 Å². The van der Waals surface area contributed by atoms with E-state index in [0.717, 1.165) is 15.1 Å². The number of aliphatic imine (C=N–C) groups is 2. The first-order valence-corrected chi connectivity index (χ1v) is 11.4. The molecule has 1 N–H and O–H groups in total. The fourth-order valence-electron chi connectivity index (χ4n) is 3.18. The number of para-hydroxylation sites is 1. The lowest BCUT2D eigenvalue weighted by Crippen LogP contribution is -2.55. The van der Waals surface area contributed by atoms with Crippen LogP contribution in [0.5, 0.6) is 0 Å². The van der Waals surface area contributed by atoms with Gasteiger partial charge in [-0.15, -0.1) is 0 Å². The number of carbonyl (C=O) groups is 3. The van der Waals surface area contributed by atoms with Gasteiger partial charge in [-0.1, -0.05) is 54.1 Å². The van der Waals surface area contributed by atoms with Crippen molar-refractivity contribution in [2.75, 3.05) is 25.2 Å². The third kappa shape index (κ3) is 4.02. The maximum absolute atomic E-state index is 12.8. The number of amidine groups is 2. The van der Waals surface area contributed by atoms with Crippen molar-refractivity contribution >= 4 is 73.0 Å². The number of hydrogen-bond donors (Lipinski definition) is 1. The van der Waals surface area contributed by atoms with Gasteiger partial charge >= 0.3 is 11.9 Å². The molecule has 1 aromatic heterocycles. The minimum atomic E-state index is -0.796. The van der Waals surface area contributed by atoms with Gasteiger partial charge in [-0.3, -0.25) is 9.59 Å². The topological polar surface area (TPSA) is 107 Å². The molecule has 0 spiro atoms. The number of urea groups is 1. The molecule has 2 aliphatic rings. The van der Waals surface area contributed by atoms with Gasteiger partial charge in [-0.05, 0) is 12.1 Å². The highest BCUT2D eigenvalue weighted by atomic mass is 32.2. The van der Waals surface area contributed by atoms with Gasteiger partial charge in [0, 0.05) is 5.92 Å². The number of amides is 4. The molecule has 0 radical (unpaired) electrons. The largest absolute Gasteiger partial charge is 0.445 e. The second-order valence-electron chi connectivity index (χ2n) is 7.43. The molecule has 9 nitrogen and oxygen atoms in total.